The summed E-state index contributed by atoms with van der Waals surface area (Å²) in [7, 11) is -3.28. The number of hydrogen-bond donors (Lipinski definition) is 0. The first-order valence-electron chi connectivity index (χ1n) is 9.36. The molecule has 0 saturated heterocycles. The molecule has 8 heteroatoms. The molecule has 0 saturated carbocycles. The standard InChI is InChI=1S/C23H16ClNO4S2/c1-31(26,27)16-9-6-14(7-10-16)21-22(15-8-11-19-20(12-15)29-13-28-19)30-23(25-21)17-4-2-3-5-18(17)24/h2-12H,13H2,1H3. The van der Waals surface area contributed by atoms with Gasteiger partial charge in [-0.15, -0.1) is 11.3 Å². The van der Waals surface area contributed by atoms with Crippen LogP contribution in [0.3, 0.4) is 0 Å². The summed E-state index contributed by atoms with van der Waals surface area (Å²) in [6.45, 7) is 0.201. The highest BCUT2D eigenvalue weighted by molar-refractivity contribution is 7.90. The second-order valence-electron chi connectivity index (χ2n) is 7.04. The van der Waals surface area contributed by atoms with Crippen LogP contribution >= 0.6 is 22.9 Å². The normalized spacial score (nSPS) is 12.8. The lowest BCUT2D eigenvalue weighted by Crippen LogP contribution is -1.96. The Morgan fingerprint density at radius 2 is 1.65 bits per heavy atom. The molecule has 1 aromatic heterocycles. The third-order valence-electron chi connectivity index (χ3n) is 4.92. The molecular weight excluding hydrogens is 454 g/mol. The Labute approximate surface area is 188 Å². The molecule has 5 nitrogen and oxygen atoms in total. The van der Waals surface area contributed by atoms with Gasteiger partial charge in [0.05, 0.1) is 20.5 Å². The average Bonchev–Trinajstić information content (AvgIpc) is 3.40. The molecule has 0 radical (unpaired) electrons. The van der Waals surface area contributed by atoms with E-state index in [0.29, 0.717) is 16.5 Å². The topological polar surface area (TPSA) is 65.5 Å². The van der Waals surface area contributed by atoms with Gasteiger partial charge in [-0.05, 0) is 42.0 Å². The first-order valence-corrected chi connectivity index (χ1v) is 12.4. The minimum atomic E-state index is -3.28. The van der Waals surface area contributed by atoms with Crippen molar-refractivity contribution in [2.45, 2.75) is 4.90 Å². The van der Waals surface area contributed by atoms with Gasteiger partial charge in [-0.1, -0.05) is 41.9 Å². The maximum absolute atomic E-state index is 11.9. The number of thiazole rings is 1. The van der Waals surface area contributed by atoms with Crippen LogP contribution in [-0.2, 0) is 9.84 Å². The number of halogens is 1. The summed E-state index contributed by atoms with van der Waals surface area (Å²) in [5.74, 6) is 1.39. The molecule has 4 aromatic rings. The van der Waals surface area contributed by atoms with Gasteiger partial charge in [0.25, 0.3) is 0 Å². The fourth-order valence-electron chi connectivity index (χ4n) is 3.36. The number of fused-ring (bicyclic) bond motifs is 1. The Balaban J connectivity index is 1.68. The second kappa shape index (κ2) is 7.67. The lowest BCUT2D eigenvalue weighted by atomic mass is 10.1. The quantitative estimate of drug-likeness (QED) is 0.370. The molecule has 0 aliphatic carbocycles. The van der Waals surface area contributed by atoms with Gasteiger partial charge in [0, 0.05) is 17.4 Å². The molecule has 0 amide bonds. The van der Waals surface area contributed by atoms with Crippen molar-refractivity contribution in [1.82, 2.24) is 4.98 Å². The summed E-state index contributed by atoms with van der Waals surface area (Å²) in [6.07, 6.45) is 1.19. The fraction of sp³-hybridized carbons (Fsp3) is 0.0870. The van der Waals surface area contributed by atoms with Crippen LogP contribution in [0.5, 0.6) is 11.5 Å². The molecule has 1 aliphatic heterocycles. The number of ether oxygens (including phenoxy) is 2. The second-order valence-corrected chi connectivity index (χ2v) is 10.5. The van der Waals surface area contributed by atoms with Gasteiger partial charge in [0.2, 0.25) is 6.79 Å². The Morgan fingerprint density at radius 1 is 0.935 bits per heavy atom. The van der Waals surface area contributed by atoms with Crippen molar-refractivity contribution in [1.29, 1.82) is 0 Å². The van der Waals surface area contributed by atoms with Crippen molar-refractivity contribution in [3.63, 3.8) is 0 Å². The molecule has 2 heterocycles. The van der Waals surface area contributed by atoms with E-state index in [4.69, 9.17) is 26.1 Å². The SMILES string of the molecule is CS(=O)(=O)c1ccc(-c2nc(-c3ccccc3Cl)sc2-c2ccc3c(c2)OCO3)cc1. The highest BCUT2D eigenvalue weighted by Crippen LogP contribution is 2.45. The van der Waals surface area contributed by atoms with Gasteiger partial charge in [0.15, 0.2) is 21.3 Å². The monoisotopic (exact) mass is 469 g/mol. The molecule has 156 valence electrons. The number of nitrogens with zero attached hydrogens (tertiary/aromatic N) is 1. The predicted octanol–water partition coefficient (Wildman–Crippen LogP) is 5.93. The summed E-state index contributed by atoms with van der Waals surface area (Å²) in [5, 5.41) is 1.40. The van der Waals surface area contributed by atoms with E-state index in [1.54, 1.807) is 24.3 Å². The Morgan fingerprint density at radius 3 is 2.39 bits per heavy atom. The zero-order valence-corrected chi connectivity index (χ0v) is 18.7. The highest BCUT2D eigenvalue weighted by atomic mass is 35.5. The summed E-state index contributed by atoms with van der Waals surface area (Å²) in [5.41, 5.74) is 3.34. The third-order valence-corrected chi connectivity index (χ3v) is 7.52. The number of aromatic nitrogens is 1. The number of sulfone groups is 1. The van der Waals surface area contributed by atoms with E-state index in [-0.39, 0.29) is 11.7 Å². The van der Waals surface area contributed by atoms with Crippen LogP contribution in [0, 0.1) is 0 Å². The molecule has 3 aromatic carbocycles. The van der Waals surface area contributed by atoms with E-state index < -0.39 is 9.84 Å². The molecule has 0 unspecified atom stereocenters. The van der Waals surface area contributed by atoms with Crippen molar-refractivity contribution in [3.05, 3.63) is 71.8 Å². The van der Waals surface area contributed by atoms with E-state index in [1.165, 1.54) is 17.6 Å². The summed E-state index contributed by atoms with van der Waals surface area (Å²) < 4.78 is 34.7. The van der Waals surface area contributed by atoms with Gasteiger partial charge < -0.3 is 9.47 Å². The van der Waals surface area contributed by atoms with Gasteiger partial charge in [-0.25, -0.2) is 13.4 Å². The molecule has 0 atom stereocenters. The smallest absolute Gasteiger partial charge is 0.231 e. The Kier molecular flexibility index (Phi) is 4.97. The van der Waals surface area contributed by atoms with E-state index >= 15 is 0 Å². The predicted molar refractivity (Wildman–Crippen MR) is 123 cm³/mol. The number of rotatable bonds is 4. The fourth-order valence-corrected chi connectivity index (χ4v) is 5.39. The maximum Gasteiger partial charge on any atom is 0.231 e. The highest BCUT2D eigenvalue weighted by Gasteiger charge is 2.21. The lowest BCUT2D eigenvalue weighted by molar-refractivity contribution is 0.174. The lowest BCUT2D eigenvalue weighted by Gasteiger charge is -2.05. The first-order chi connectivity index (χ1) is 14.9. The molecular formula is C23H16ClNO4S2. The van der Waals surface area contributed by atoms with Crippen LogP contribution in [0.2, 0.25) is 5.02 Å². The minimum absolute atomic E-state index is 0.201. The van der Waals surface area contributed by atoms with Crippen molar-refractivity contribution >= 4 is 32.8 Å². The molecule has 0 N–H and O–H groups in total. The third kappa shape index (κ3) is 3.80. The zero-order valence-electron chi connectivity index (χ0n) is 16.3. The van der Waals surface area contributed by atoms with Gasteiger partial charge in [0.1, 0.15) is 5.01 Å². The minimum Gasteiger partial charge on any atom is -0.454 e. The number of hydrogen-bond acceptors (Lipinski definition) is 6. The Bertz CT molecular complexity index is 1400. The van der Waals surface area contributed by atoms with E-state index in [0.717, 1.165) is 32.3 Å². The van der Waals surface area contributed by atoms with Crippen LogP contribution in [0.15, 0.2) is 71.6 Å². The number of benzene rings is 3. The first kappa shape index (κ1) is 20.1. The van der Waals surface area contributed by atoms with Crippen molar-refractivity contribution in [2.75, 3.05) is 13.0 Å². The molecule has 1 aliphatic rings. The molecule has 0 fully saturated rings. The largest absolute Gasteiger partial charge is 0.454 e. The van der Waals surface area contributed by atoms with E-state index in [9.17, 15) is 8.42 Å². The van der Waals surface area contributed by atoms with Crippen LogP contribution < -0.4 is 9.47 Å². The average molecular weight is 470 g/mol. The summed E-state index contributed by atoms with van der Waals surface area (Å²) >= 11 is 7.94. The van der Waals surface area contributed by atoms with Gasteiger partial charge in [-0.3, -0.25) is 0 Å². The van der Waals surface area contributed by atoms with Crippen LogP contribution in [0.25, 0.3) is 32.3 Å². The van der Waals surface area contributed by atoms with Crippen molar-refractivity contribution in [2.24, 2.45) is 0 Å². The summed E-state index contributed by atoms with van der Waals surface area (Å²) in [4.78, 5) is 6.08. The van der Waals surface area contributed by atoms with E-state index in [1.807, 2.05) is 42.5 Å². The molecule has 0 bridgehead atoms. The van der Waals surface area contributed by atoms with Crippen LogP contribution in [0.4, 0.5) is 0 Å². The Hall–Kier alpha value is -2.87. The van der Waals surface area contributed by atoms with Crippen molar-refractivity contribution < 1.29 is 17.9 Å². The van der Waals surface area contributed by atoms with E-state index in [2.05, 4.69) is 0 Å². The van der Waals surface area contributed by atoms with Gasteiger partial charge in [-0.2, -0.15) is 0 Å². The zero-order chi connectivity index (χ0) is 21.6. The van der Waals surface area contributed by atoms with Crippen LogP contribution in [0.1, 0.15) is 0 Å². The maximum atomic E-state index is 11.9. The summed E-state index contributed by atoms with van der Waals surface area (Å²) in [6, 6.07) is 20.1. The molecule has 31 heavy (non-hydrogen) atoms. The molecule has 5 rings (SSSR count). The van der Waals surface area contributed by atoms with Gasteiger partial charge >= 0.3 is 0 Å². The molecule has 0 spiro atoms. The van der Waals surface area contributed by atoms with Crippen molar-refractivity contribution in [3.8, 4) is 43.8 Å². The van der Waals surface area contributed by atoms with Crippen LogP contribution in [-0.4, -0.2) is 26.5 Å².